The first-order chi connectivity index (χ1) is 7.22. The molecule has 0 bridgehead atoms. The Labute approximate surface area is 94.9 Å². The topological polar surface area (TPSA) is 20.3 Å². The van der Waals surface area contributed by atoms with Gasteiger partial charge in [-0.15, -0.1) is 11.3 Å². The molecule has 82 valence electrons. The van der Waals surface area contributed by atoms with Crippen LogP contribution in [0.2, 0.25) is 0 Å². The van der Waals surface area contributed by atoms with E-state index in [0.29, 0.717) is 0 Å². The fraction of sp³-hybridized carbons (Fsp3) is 0.583. The van der Waals surface area contributed by atoms with Crippen LogP contribution >= 0.6 is 11.3 Å². The Kier molecular flexibility index (Phi) is 3.10. The molecule has 0 aliphatic carbocycles. The molecule has 1 aliphatic heterocycles. The van der Waals surface area contributed by atoms with Crippen molar-refractivity contribution in [3.8, 4) is 0 Å². The van der Waals surface area contributed by atoms with Crippen LogP contribution in [0.3, 0.4) is 0 Å². The normalized spacial score (nSPS) is 16.0. The largest absolute Gasteiger partial charge is 0.338 e. The van der Waals surface area contributed by atoms with Crippen LogP contribution in [0, 0.1) is 6.92 Å². The number of rotatable bonds is 2. The third-order valence-corrected chi connectivity index (χ3v) is 4.32. The van der Waals surface area contributed by atoms with E-state index in [-0.39, 0.29) is 5.91 Å². The van der Waals surface area contributed by atoms with E-state index in [1.807, 2.05) is 11.0 Å². The maximum absolute atomic E-state index is 12.1. The van der Waals surface area contributed by atoms with Gasteiger partial charge < -0.3 is 4.90 Å². The summed E-state index contributed by atoms with van der Waals surface area (Å²) in [5.74, 6) is 0.236. The minimum atomic E-state index is 0.236. The van der Waals surface area contributed by atoms with Crippen molar-refractivity contribution in [2.45, 2.75) is 33.1 Å². The summed E-state index contributed by atoms with van der Waals surface area (Å²) in [6.07, 6.45) is 3.36. The van der Waals surface area contributed by atoms with Crippen LogP contribution in [0.5, 0.6) is 0 Å². The van der Waals surface area contributed by atoms with E-state index in [0.717, 1.165) is 37.2 Å². The summed E-state index contributed by atoms with van der Waals surface area (Å²) in [6, 6.07) is 2.05. The van der Waals surface area contributed by atoms with Crippen molar-refractivity contribution >= 4 is 17.2 Å². The lowest BCUT2D eigenvalue weighted by molar-refractivity contribution is 0.0797. The molecule has 1 aromatic heterocycles. The zero-order chi connectivity index (χ0) is 10.8. The van der Waals surface area contributed by atoms with Crippen molar-refractivity contribution in [3.63, 3.8) is 0 Å². The van der Waals surface area contributed by atoms with Crippen LogP contribution in [-0.2, 0) is 6.42 Å². The minimum absolute atomic E-state index is 0.236. The Morgan fingerprint density at radius 1 is 1.47 bits per heavy atom. The molecule has 3 heteroatoms. The molecular formula is C12H17NOS. The summed E-state index contributed by atoms with van der Waals surface area (Å²) in [5, 5.41) is 0. The van der Waals surface area contributed by atoms with E-state index in [2.05, 4.69) is 13.8 Å². The minimum Gasteiger partial charge on any atom is -0.338 e. The summed E-state index contributed by atoms with van der Waals surface area (Å²) in [4.78, 5) is 16.3. The Balaban J connectivity index is 2.17. The summed E-state index contributed by atoms with van der Waals surface area (Å²) in [7, 11) is 0. The van der Waals surface area contributed by atoms with Crippen LogP contribution in [0.1, 0.15) is 39.9 Å². The SMILES string of the molecule is CCc1sc(C(=O)N2CCCC2)cc1C. The number of carbonyl (C=O) groups is 1. The van der Waals surface area contributed by atoms with E-state index in [9.17, 15) is 4.79 Å². The molecule has 0 saturated carbocycles. The monoisotopic (exact) mass is 223 g/mol. The molecule has 2 nitrogen and oxygen atoms in total. The number of amides is 1. The van der Waals surface area contributed by atoms with Crippen molar-refractivity contribution in [3.05, 3.63) is 21.4 Å². The molecule has 15 heavy (non-hydrogen) atoms. The first-order valence-electron chi connectivity index (χ1n) is 5.61. The second-order valence-corrected chi connectivity index (χ2v) is 5.21. The fourth-order valence-electron chi connectivity index (χ4n) is 2.05. The molecular weight excluding hydrogens is 206 g/mol. The van der Waals surface area contributed by atoms with E-state index >= 15 is 0 Å². The summed E-state index contributed by atoms with van der Waals surface area (Å²) >= 11 is 1.66. The molecule has 0 N–H and O–H groups in total. The molecule has 1 aliphatic rings. The van der Waals surface area contributed by atoms with Crippen LogP contribution in [0.15, 0.2) is 6.07 Å². The fourth-order valence-corrected chi connectivity index (χ4v) is 3.13. The number of likely N-dealkylation sites (tertiary alicyclic amines) is 1. The van der Waals surface area contributed by atoms with Crippen molar-refractivity contribution in [1.29, 1.82) is 0 Å². The highest BCUT2D eigenvalue weighted by Gasteiger charge is 2.21. The lowest BCUT2D eigenvalue weighted by Crippen LogP contribution is -2.26. The third kappa shape index (κ3) is 2.07. The summed E-state index contributed by atoms with van der Waals surface area (Å²) < 4.78 is 0. The highest BCUT2D eigenvalue weighted by molar-refractivity contribution is 7.14. The molecule has 0 radical (unpaired) electrons. The van der Waals surface area contributed by atoms with Crippen LogP contribution in [-0.4, -0.2) is 23.9 Å². The third-order valence-electron chi connectivity index (χ3n) is 2.95. The summed E-state index contributed by atoms with van der Waals surface area (Å²) in [6.45, 7) is 6.12. The quantitative estimate of drug-likeness (QED) is 0.755. The van der Waals surface area contributed by atoms with Gasteiger partial charge in [0.05, 0.1) is 4.88 Å². The van der Waals surface area contributed by atoms with Crippen molar-refractivity contribution < 1.29 is 4.79 Å². The van der Waals surface area contributed by atoms with Gasteiger partial charge in [-0.3, -0.25) is 4.79 Å². The average molecular weight is 223 g/mol. The Bertz CT molecular complexity index is 364. The predicted octanol–water partition coefficient (Wildman–Crippen LogP) is 2.85. The molecule has 0 aromatic carbocycles. The van der Waals surface area contributed by atoms with E-state index in [4.69, 9.17) is 0 Å². The van der Waals surface area contributed by atoms with Crippen molar-refractivity contribution in [2.75, 3.05) is 13.1 Å². The Hall–Kier alpha value is -0.830. The number of carbonyl (C=O) groups excluding carboxylic acids is 1. The lowest BCUT2D eigenvalue weighted by Gasteiger charge is -2.13. The van der Waals surface area contributed by atoms with Gasteiger partial charge in [0.1, 0.15) is 0 Å². The molecule has 1 fully saturated rings. The number of hydrogen-bond donors (Lipinski definition) is 0. The highest BCUT2D eigenvalue weighted by atomic mass is 32.1. The van der Waals surface area contributed by atoms with Gasteiger partial charge in [-0.2, -0.15) is 0 Å². The van der Waals surface area contributed by atoms with Crippen molar-refractivity contribution in [1.82, 2.24) is 4.90 Å². The Morgan fingerprint density at radius 3 is 2.67 bits per heavy atom. The van der Waals surface area contributed by atoms with Crippen molar-refractivity contribution in [2.24, 2.45) is 0 Å². The first-order valence-corrected chi connectivity index (χ1v) is 6.42. The molecule has 0 atom stereocenters. The van der Waals surface area contributed by atoms with Crippen LogP contribution < -0.4 is 0 Å². The number of aryl methyl sites for hydroxylation is 2. The lowest BCUT2D eigenvalue weighted by atomic mass is 10.2. The summed E-state index contributed by atoms with van der Waals surface area (Å²) in [5.41, 5.74) is 1.27. The second kappa shape index (κ2) is 4.35. The smallest absolute Gasteiger partial charge is 0.263 e. The maximum Gasteiger partial charge on any atom is 0.263 e. The van der Waals surface area contributed by atoms with Gasteiger partial charge in [0.15, 0.2) is 0 Å². The van der Waals surface area contributed by atoms with Crippen LogP contribution in [0.4, 0.5) is 0 Å². The first kappa shape index (κ1) is 10.7. The number of thiophene rings is 1. The number of hydrogen-bond acceptors (Lipinski definition) is 2. The Morgan fingerprint density at radius 2 is 2.13 bits per heavy atom. The van der Waals surface area contributed by atoms with Gasteiger partial charge in [0.25, 0.3) is 5.91 Å². The standard InChI is InChI=1S/C12H17NOS/c1-3-10-9(2)8-11(15-10)12(14)13-6-4-5-7-13/h8H,3-7H2,1-2H3. The second-order valence-electron chi connectivity index (χ2n) is 4.07. The molecule has 2 heterocycles. The zero-order valence-corrected chi connectivity index (χ0v) is 10.2. The number of nitrogens with zero attached hydrogens (tertiary/aromatic N) is 1. The van der Waals surface area contributed by atoms with Gasteiger partial charge >= 0.3 is 0 Å². The maximum atomic E-state index is 12.1. The van der Waals surface area contributed by atoms with E-state index < -0.39 is 0 Å². The average Bonchev–Trinajstić information content (AvgIpc) is 2.85. The van der Waals surface area contributed by atoms with E-state index in [1.54, 1.807) is 11.3 Å². The van der Waals surface area contributed by atoms with Gasteiger partial charge in [-0.25, -0.2) is 0 Å². The highest BCUT2D eigenvalue weighted by Crippen LogP contribution is 2.24. The van der Waals surface area contributed by atoms with E-state index in [1.165, 1.54) is 10.4 Å². The molecule has 0 spiro atoms. The molecule has 1 saturated heterocycles. The van der Waals surface area contributed by atoms with Gasteiger partial charge in [0.2, 0.25) is 0 Å². The van der Waals surface area contributed by atoms with Crippen LogP contribution in [0.25, 0.3) is 0 Å². The van der Waals surface area contributed by atoms with Gasteiger partial charge in [0, 0.05) is 18.0 Å². The molecule has 0 unspecified atom stereocenters. The molecule has 2 rings (SSSR count). The molecule has 1 amide bonds. The van der Waals surface area contributed by atoms with Gasteiger partial charge in [-0.05, 0) is 37.8 Å². The van der Waals surface area contributed by atoms with Gasteiger partial charge in [-0.1, -0.05) is 6.92 Å². The molecule has 1 aromatic rings. The zero-order valence-electron chi connectivity index (χ0n) is 9.38. The predicted molar refractivity (Wildman–Crippen MR) is 63.6 cm³/mol.